The lowest BCUT2D eigenvalue weighted by Crippen LogP contribution is -2.29. The molecule has 0 radical (unpaired) electrons. The van der Waals surface area contributed by atoms with E-state index in [1.54, 1.807) is 0 Å². The van der Waals surface area contributed by atoms with Crippen LogP contribution in [0.3, 0.4) is 0 Å². The van der Waals surface area contributed by atoms with E-state index in [0.717, 1.165) is 0 Å². The topological polar surface area (TPSA) is 34.9 Å². The summed E-state index contributed by atoms with van der Waals surface area (Å²) >= 11 is 0. The first-order valence-electron chi connectivity index (χ1n) is 6.36. The number of fused-ring (bicyclic) bond motifs is 1. The van der Waals surface area contributed by atoms with E-state index in [9.17, 15) is 18.0 Å². The highest BCUT2D eigenvalue weighted by molar-refractivity contribution is 6.00. The van der Waals surface area contributed by atoms with Crippen LogP contribution in [0.1, 0.15) is 55.4 Å². The Labute approximate surface area is 109 Å². The number of hydrogen-bond donors (Lipinski definition) is 0. The molecule has 0 fully saturated rings. The van der Waals surface area contributed by atoms with Crippen LogP contribution in [-0.4, -0.2) is 15.6 Å². The molecule has 0 saturated heterocycles. The van der Waals surface area contributed by atoms with E-state index in [1.807, 2.05) is 20.8 Å². The van der Waals surface area contributed by atoms with Crippen LogP contribution in [0.4, 0.5) is 13.2 Å². The third-order valence-electron chi connectivity index (χ3n) is 3.33. The summed E-state index contributed by atoms with van der Waals surface area (Å²) < 4.78 is 40.3. The summed E-state index contributed by atoms with van der Waals surface area (Å²) in [6.07, 6.45) is -3.29. The molecule has 1 aromatic heterocycles. The number of ketones is 1. The number of halogens is 3. The van der Waals surface area contributed by atoms with Gasteiger partial charge in [-0.25, -0.2) is 0 Å². The van der Waals surface area contributed by atoms with Gasteiger partial charge in [0.2, 0.25) is 0 Å². The minimum Gasteiger partial charge on any atom is -0.294 e. The molecule has 106 valence electrons. The van der Waals surface area contributed by atoms with Crippen molar-refractivity contribution in [3.8, 4) is 0 Å². The number of carbonyl (C=O) groups excluding carboxylic acids is 1. The van der Waals surface area contributed by atoms with Crippen LogP contribution in [0.15, 0.2) is 0 Å². The fourth-order valence-corrected chi connectivity index (χ4v) is 2.60. The zero-order chi connectivity index (χ0) is 14.4. The van der Waals surface area contributed by atoms with Crippen molar-refractivity contribution in [3.63, 3.8) is 0 Å². The number of alkyl halides is 3. The van der Waals surface area contributed by atoms with Crippen LogP contribution in [0.2, 0.25) is 0 Å². The molecule has 19 heavy (non-hydrogen) atoms. The average molecular weight is 274 g/mol. The first-order valence-corrected chi connectivity index (χ1v) is 6.36. The number of Topliss-reactive ketones (excluding diaryl/α,β-unsaturated/α-hetero) is 1. The predicted molar refractivity (Wildman–Crippen MR) is 64.0 cm³/mol. The number of rotatable bonds is 2. The van der Waals surface area contributed by atoms with E-state index in [4.69, 9.17) is 0 Å². The summed E-state index contributed by atoms with van der Waals surface area (Å²) in [4.78, 5) is 12.0. The van der Waals surface area contributed by atoms with Crippen molar-refractivity contribution in [2.45, 2.75) is 52.8 Å². The molecule has 0 saturated carbocycles. The van der Waals surface area contributed by atoms with Crippen molar-refractivity contribution >= 4 is 5.78 Å². The van der Waals surface area contributed by atoms with Crippen molar-refractivity contribution in [1.29, 1.82) is 0 Å². The second-order valence-electron chi connectivity index (χ2n) is 5.83. The Morgan fingerprint density at radius 2 is 1.95 bits per heavy atom. The smallest absolute Gasteiger partial charge is 0.294 e. The Morgan fingerprint density at radius 3 is 2.47 bits per heavy atom. The second-order valence-corrected chi connectivity index (χ2v) is 5.83. The summed E-state index contributed by atoms with van der Waals surface area (Å²) in [6.45, 7) is 6.06. The lowest BCUT2D eigenvalue weighted by Gasteiger charge is -2.29. The van der Waals surface area contributed by atoms with E-state index in [1.165, 1.54) is 4.68 Å². The maximum absolute atomic E-state index is 13.0. The summed E-state index contributed by atoms with van der Waals surface area (Å²) in [7, 11) is 0. The minimum atomic E-state index is -4.57. The molecule has 1 heterocycles. The fourth-order valence-electron chi connectivity index (χ4n) is 2.60. The molecule has 1 aromatic rings. The van der Waals surface area contributed by atoms with Gasteiger partial charge in [0.25, 0.3) is 0 Å². The van der Waals surface area contributed by atoms with Crippen molar-refractivity contribution in [2.75, 3.05) is 0 Å². The normalized spacial score (nSPS) is 18.5. The van der Waals surface area contributed by atoms with Crippen LogP contribution in [-0.2, 0) is 19.1 Å². The number of hydrogen-bond acceptors (Lipinski definition) is 2. The Morgan fingerprint density at radius 1 is 1.32 bits per heavy atom. The standard InChI is InChI=1S/C13H17F3N2O/c1-4-5-18-8-6-12(2,3)7-9(19)10(8)11(17-18)13(14,15)16/h4-7H2,1-3H3. The molecule has 3 nitrogen and oxygen atoms in total. The molecule has 1 aliphatic carbocycles. The molecule has 2 rings (SSSR count). The monoisotopic (exact) mass is 274 g/mol. The van der Waals surface area contributed by atoms with Gasteiger partial charge in [-0.15, -0.1) is 0 Å². The number of carbonyl (C=O) groups is 1. The van der Waals surface area contributed by atoms with Crippen LogP contribution in [0, 0.1) is 5.41 Å². The average Bonchev–Trinajstić information content (AvgIpc) is 2.56. The van der Waals surface area contributed by atoms with Crippen molar-refractivity contribution < 1.29 is 18.0 Å². The third kappa shape index (κ3) is 2.53. The Bertz CT molecular complexity index is 515. The Kier molecular flexibility index (Phi) is 3.23. The highest BCUT2D eigenvalue weighted by Gasteiger charge is 2.44. The van der Waals surface area contributed by atoms with Crippen LogP contribution < -0.4 is 0 Å². The van der Waals surface area contributed by atoms with Gasteiger partial charge >= 0.3 is 6.18 Å². The van der Waals surface area contributed by atoms with E-state index >= 15 is 0 Å². The van der Waals surface area contributed by atoms with E-state index in [0.29, 0.717) is 25.1 Å². The molecular weight excluding hydrogens is 257 g/mol. The Balaban J connectivity index is 2.61. The molecule has 6 heteroatoms. The molecular formula is C13H17F3N2O. The van der Waals surface area contributed by atoms with E-state index < -0.39 is 17.7 Å². The quantitative estimate of drug-likeness (QED) is 0.827. The SMILES string of the molecule is CCCn1nc(C(F)(F)F)c2c1CC(C)(C)CC2=O. The molecule has 0 amide bonds. The third-order valence-corrected chi connectivity index (χ3v) is 3.33. The maximum atomic E-state index is 13.0. The maximum Gasteiger partial charge on any atom is 0.435 e. The summed E-state index contributed by atoms with van der Waals surface area (Å²) in [5, 5.41) is 3.64. The van der Waals surface area contributed by atoms with Crippen LogP contribution >= 0.6 is 0 Å². The highest BCUT2D eigenvalue weighted by Crippen LogP contribution is 2.40. The zero-order valence-electron chi connectivity index (χ0n) is 11.3. The van der Waals surface area contributed by atoms with Gasteiger partial charge in [-0.1, -0.05) is 20.8 Å². The van der Waals surface area contributed by atoms with Gasteiger partial charge < -0.3 is 0 Å². The van der Waals surface area contributed by atoms with Gasteiger partial charge in [-0.05, 0) is 18.3 Å². The predicted octanol–water partition coefficient (Wildman–Crippen LogP) is 3.47. The van der Waals surface area contributed by atoms with Crippen molar-refractivity contribution in [1.82, 2.24) is 9.78 Å². The summed E-state index contributed by atoms with van der Waals surface area (Å²) in [5.41, 5.74) is -1.09. The van der Waals surface area contributed by atoms with E-state index in [-0.39, 0.29) is 17.4 Å². The number of nitrogens with zero attached hydrogens (tertiary/aromatic N) is 2. The molecule has 0 aliphatic heterocycles. The summed E-state index contributed by atoms with van der Waals surface area (Å²) in [6, 6.07) is 0. The molecule has 0 unspecified atom stereocenters. The first-order chi connectivity index (χ1) is 8.65. The number of aromatic nitrogens is 2. The lowest BCUT2D eigenvalue weighted by atomic mass is 9.75. The van der Waals surface area contributed by atoms with Crippen molar-refractivity contribution in [2.24, 2.45) is 5.41 Å². The molecule has 0 bridgehead atoms. The molecule has 0 N–H and O–H groups in total. The molecule has 0 spiro atoms. The van der Waals surface area contributed by atoms with Gasteiger partial charge in [-0.2, -0.15) is 18.3 Å². The molecule has 0 aromatic carbocycles. The van der Waals surface area contributed by atoms with E-state index in [2.05, 4.69) is 5.10 Å². The van der Waals surface area contributed by atoms with Crippen LogP contribution in [0.5, 0.6) is 0 Å². The van der Waals surface area contributed by atoms with Gasteiger partial charge in [0.05, 0.1) is 11.3 Å². The fraction of sp³-hybridized carbons (Fsp3) is 0.692. The largest absolute Gasteiger partial charge is 0.435 e. The summed E-state index contributed by atoms with van der Waals surface area (Å²) in [5.74, 6) is -0.444. The van der Waals surface area contributed by atoms with Crippen LogP contribution in [0.25, 0.3) is 0 Å². The van der Waals surface area contributed by atoms with Gasteiger partial charge in [0.1, 0.15) is 0 Å². The second kappa shape index (κ2) is 4.35. The molecule has 0 atom stereocenters. The number of aryl methyl sites for hydroxylation is 1. The first kappa shape index (κ1) is 14.1. The minimum absolute atomic E-state index is 0.140. The highest BCUT2D eigenvalue weighted by atomic mass is 19.4. The van der Waals surface area contributed by atoms with Gasteiger partial charge in [-0.3, -0.25) is 9.48 Å². The zero-order valence-corrected chi connectivity index (χ0v) is 11.3. The van der Waals surface area contributed by atoms with Gasteiger partial charge in [0.15, 0.2) is 11.5 Å². The lowest BCUT2D eigenvalue weighted by molar-refractivity contribution is -0.141. The van der Waals surface area contributed by atoms with Gasteiger partial charge in [0, 0.05) is 13.0 Å². The van der Waals surface area contributed by atoms with Crippen molar-refractivity contribution in [3.05, 3.63) is 17.0 Å². The Hall–Kier alpha value is -1.33. The molecule has 1 aliphatic rings.